The fourth-order valence-electron chi connectivity index (χ4n) is 3.62. The molecule has 1 saturated heterocycles. The third-order valence-corrected chi connectivity index (χ3v) is 7.02. The Morgan fingerprint density at radius 2 is 1.97 bits per heavy atom. The van der Waals surface area contributed by atoms with Gasteiger partial charge in [-0.25, -0.2) is 13.2 Å². The maximum atomic E-state index is 13.3. The van der Waals surface area contributed by atoms with Gasteiger partial charge in [0.15, 0.2) is 15.5 Å². The van der Waals surface area contributed by atoms with Crippen LogP contribution in [-0.2, 0) is 27.7 Å². The number of hydrogen-bond acceptors (Lipinski definition) is 6. The van der Waals surface area contributed by atoms with E-state index in [9.17, 15) is 22.8 Å². The highest BCUT2D eigenvalue weighted by Crippen LogP contribution is 2.26. The van der Waals surface area contributed by atoms with Gasteiger partial charge in [-0.05, 0) is 18.4 Å². The van der Waals surface area contributed by atoms with Crippen molar-refractivity contribution in [2.24, 2.45) is 5.92 Å². The van der Waals surface area contributed by atoms with Crippen LogP contribution in [0, 0.1) is 5.92 Å². The van der Waals surface area contributed by atoms with Crippen LogP contribution in [0.25, 0.3) is 0 Å². The van der Waals surface area contributed by atoms with Crippen LogP contribution in [0.15, 0.2) is 39.9 Å². The number of nitrogen functional groups attached to an aromatic ring is 1. The van der Waals surface area contributed by atoms with E-state index >= 15 is 0 Å². The first-order valence-corrected chi connectivity index (χ1v) is 11.7. The van der Waals surface area contributed by atoms with E-state index in [1.54, 1.807) is 24.3 Å². The number of hydrogen-bond donors (Lipinski definition) is 2. The number of nitrogens with one attached hydrogen (secondary N) is 1. The maximum absolute atomic E-state index is 13.3. The Hall–Kier alpha value is -2.88. The third kappa shape index (κ3) is 4.64. The van der Waals surface area contributed by atoms with Gasteiger partial charge in [0.1, 0.15) is 5.82 Å². The zero-order valence-corrected chi connectivity index (χ0v) is 17.7. The molecule has 0 aliphatic carbocycles. The molecule has 2 aromatic rings. The van der Waals surface area contributed by atoms with Gasteiger partial charge in [0.2, 0.25) is 5.91 Å². The second-order valence-electron chi connectivity index (χ2n) is 7.51. The van der Waals surface area contributed by atoms with Crippen molar-refractivity contribution in [2.45, 2.75) is 39.3 Å². The largest absolute Gasteiger partial charge is 0.383 e. The number of carbonyl (C=O) groups is 1. The molecule has 1 aliphatic rings. The van der Waals surface area contributed by atoms with Crippen molar-refractivity contribution < 1.29 is 13.2 Å². The molecule has 3 N–H and O–H groups in total. The zero-order chi connectivity index (χ0) is 21.9. The highest BCUT2D eigenvalue weighted by Gasteiger charge is 2.37. The lowest BCUT2D eigenvalue weighted by Gasteiger charge is -2.26. The normalized spacial score (nSPS) is 17.7. The Bertz CT molecular complexity index is 1140. The molecule has 9 nitrogen and oxygen atoms in total. The van der Waals surface area contributed by atoms with Crippen LogP contribution in [0.1, 0.15) is 31.7 Å². The van der Waals surface area contributed by atoms with Gasteiger partial charge in [0, 0.05) is 6.54 Å². The summed E-state index contributed by atoms with van der Waals surface area (Å²) in [4.78, 5) is 41.7. The quantitative estimate of drug-likeness (QED) is 0.664. The summed E-state index contributed by atoms with van der Waals surface area (Å²) >= 11 is 0. The van der Waals surface area contributed by atoms with Crippen LogP contribution in [0.4, 0.5) is 11.5 Å². The van der Waals surface area contributed by atoms with E-state index in [2.05, 4.69) is 4.98 Å². The average Bonchev–Trinajstić information content (AvgIpc) is 3.07. The molecule has 0 saturated carbocycles. The number of H-pyrrole nitrogens is 1. The number of aromatic nitrogens is 2. The van der Waals surface area contributed by atoms with E-state index < -0.39 is 32.9 Å². The van der Waals surface area contributed by atoms with Gasteiger partial charge in [0.25, 0.3) is 5.56 Å². The van der Waals surface area contributed by atoms with Crippen LogP contribution >= 0.6 is 0 Å². The number of unbranched alkanes of at least 4 members (excludes halogenated alkanes) is 1. The molecule has 0 bridgehead atoms. The van der Waals surface area contributed by atoms with Crippen molar-refractivity contribution in [1.29, 1.82) is 0 Å². The van der Waals surface area contributed by atoms with Crippen LogP contribution in [0.2, 0.25) is 0 Å². The first-order valence-electron chi connectivity index (χ1n) is 9.92. The number of anilines is 2. The highest BCUT2D eigenvalue weighted by molar-refractivity contribution is 7.91. The first-order chi connectivity index (χ1) is 14.2. The molecule has 1 atom stereocenters. The van der Waals surface area contributed by atoms with Crippen molar-refractivity contribution in [1.82, 2.24) is 9.55 Å². The molecule has 0 spiro atoms. The Labute approximate surface area is 174 Å². The summed E-state index contributed by atoms with van der Waals surface area (Å²) < 4.78 is 25.1. The van der Waals surface area contributed by atoms with E-state index in [1.165, 1.54) is 9.47 Å². The van der Waals surface area contributed by atoms with Crippen LogP contribution < -0.4 is 21.9 Å². The Balaban J connectivity index is 2.09. The van der Waals surface area contributed by atoms with Crippen molar-refractivity contribution >= 4 is 27.2 Å². The van der Waals surface area contributed by atoms with Gasteiger partial charge in [-0.15, -0.1) is 0 Å². The van der Waals surface area contributed by atoms with Gasteiger partial charge in [-0.1, -0.05) is 43.7 Å². The molecule has 3 rings (SSSR count). The number of carbonyl (C=O) groups excluding carboxylic acids is 1. The number of benzene rings is 1. The first kappa shape index (κ1) is 21.8. The molecule has 1 aromatic carbocycles. The summed E-state index contributed by atoms with van der Waals surface area (Å²) in [5, 5.41) is 0. The van der Waals surface area contributed by atoms with Gasteiger partial charge >= 0.3 is 5.69 Å². The molecule has 0 radical (unpaired) electrons. The zero-order valence-electron chi connectivity index (χ0n) is 16.8. The Morgan fingerprint density at radius 1 is 1.27 bits per heavy atom. The third-order valence-electron chi connectivity index (χ3n) is 5.25. The summed E-state index contributed by atoms with van der Waals surface area (Å²) in [6, 6.07) is 9.01. The van der Waals surface area contributed by atoms with Gasteiger partial charge < -0.3 is 5.73 Å². The molecule has 1 aromatic heterocycles. The van der Waals surface area contributed by atoms with Crippen LogP contribution in [-0.4, -0.2) is 35.4 Å². The van der Waals surface area contributed by atoms with Crippen LogP contribution in [0.5, 0.6) is 0 Å². The van der Waals surface area contributed by atoms with Crippen molar-refractivity contribution in [3.63, 3.8) is 0 Å². The minimum atomic E-state index is -3.30. The second kappa shape index (κ2) is 8.86. The minimum absolute atomic E-state index is 0.0372. The Kier molecular flexibility index (Phi) is 6.45. The van der Waals surface area contributed by atoms with Gasteiger partial charge in [-0.2, -0.15) is 0 Å². The highest BCUT2D eigenvalue weighted by atomic mass is 32.2. The summed E-state index contributed by atoms with van der Waals surface area (Å²) in [6.45, 7) is 2.30. The van der Waals surface area contributed by atoms with Crippen molar-refractivity contribution in [3.8, 4) is 0 Å². The Morgan fingerprint density at radius 3 is 2.57 bits per heavy atom. The number of aromatic amines is 1. The van der Waals surface area contributed by atoms with E-state index in [1.807, 2.05) is 13.0 Å². The molecule has 1 unspecified atom stereocenters. The van der Waals surface area contributed by atoms with Gasteiger partial charge in [0.05, 0.1) is 24.0 Å². The average molecular weight is 435 g/mol. The minimum Gasteiger partial charge on any atom is -0.383 e. The summed E-state index contributed by atoms with van der Waals surface area (Å²) in [5.74, 6) is -1.66. The molecule has 1 amide bonds. The maximum Gasteiger partial charge on any atom is 0.330 e. The lowest BCUT2D eigenvalue weighted by molar-refractivity contribution is -0.121. The van der Waals surface area contributed by atoms with Gasteiger partial charge in [-0.3, -0.25) is 24.0 Å². The number of sulfone groups is 1. The molecular formula is C20H26N4O5S. The predicted molar refractivity (Wildman–Crippen MR) is 115 cm³/mol. The molecule has 1 aliphatic heterocycles. The lowest BCUT2D eigenvalue weighted by atomic mass is 10.1. The SMILES string of the molecule is CCCCn1c(N)c(N(Cc2ccccc2)C(=O)C2CCS(=O)(=O)C2)c(=O)[nH]c1=O. The molecular weight excluding hydrogens is 408 g/mol. The molecule has 162 valence electrons. The van der Waals surface area contributed by atoms with Crippen molar-refractivity contribution in [3.05, 3.63) is 56.7 Å². The summed E-state index contributed by atoms with van der Waals surface area (Å²) in [6.07, 6.45) is 1.68. The van der Waals surface area contributed by atoms with E-state index in [4.69, 9.17) is 5.73 Å². The van der Waals surface area contributed by atoms with Crippen molar-refractivity contribution in [2.75, 3.05) is 22.1 Å². The van der Waals surface area contributed by atoms with E-state index in [0.717, 1.165) is 12.0 Å². The number of nitrogens with two attached hydrogens (primary N) is 1. The fourth-order valence-corrected chi connectivity index (χ4v) is 5.35. The number of nitrogens with zero attached hydrogens (tertiary/aromatic N) is 2. The summed E-state index contributed by atoms with van der Waals surface area (Å²) in [5.41, 5.74) is 5.42. The van der Waals surface area contributed by atoms with E-state index in [-0.39, 0.29) is 36.0 Å². The molecule has 1 fully saturated rings. The van der Waals surface area contributed by atoms with E-state index in [0.29, 0.717) is 13.0 Å². The predicted octanol–water partition coefficient (Wildman–Crippen LogP) is 0.887. The monoisotopic (exact) mass is 434 g/mol. The second-order valence-corrected chi connectivity index (χ2v) is 9.74. The smallest absolute Gasteiger partial charge is 0.330 e. The molecule has 30 heavy (non-hydrogen) atoms. The molecule has 10 heteroatoms. The molecule has 2 heterocycles. The topological polar surface area (TPSA) is 135 Å². The standard InChI is InChI=1S/C20H26N4O5S/c1-2-3-10-23-17(21)16(18(25)22-20(23)27)24(12-14-7-5-4-6-8-14)19(26)15-9-11-30(28,29)13-15/h4-8,15H,2-3,9-13,21H2,1H3,(H,22,25,27). The number of amides is 1. The summed E-state index contributed by atoms with van der Waals surface area (Å²) in [7, 11) is -3.30. The van der Waals surface area contributed by atoms with Crippen LogP contribution in [0.3, 0.4) is 0 Å². The lowest BCUT2D eigenvalue weighted by Crippen LogP contribution is -2.43. The fraction of sp³-hybridized carbons (Fsp3) is 0.450. The number of rotatable bonds is 7.